The van der Waals surface area contributed by atoms with E-state index in [-0.39, 0.29) is 30.7 Å². The Morgan fingerprint density at radius 1 is 1.05 bits per heavy atom. The number of nitrogens with zero attached hydrogens (tertiary/aromatic N) is 2. The first-order valence-corrected chi connectivity index (χ1v) is 16.3. The SMILES string of the molecule is [B]N1C[C@@H](OC(=O)N2CCc3ccccc3C2)C[C@@H]1C(=O)N[C@@H](CCCCCC=C)C(=O)N[C@H](C(=O)NC)C1CCCCC1. The molecule has 3 N–H and O–H groups in total. The second-order valence-corrected chi connectivity index (χ2v) is 12.4. The molecule has 2 radical (unpaired) electrons. The van der Waals surface area contributed by atoms with Crippen LogP contribution in [0.5, 0.6) is 0 Å². The highest BCUT2D eigenvalue weighted by atomic mass is 16.6. The van der Waals surface area contributed by atoms with Crippen LogP contribution in [0.1, 0.15) is 81.8 Å². The van der Waals surface area contributed by atoms with Crippen LogP contribution in [0, 0.1) is 5.92 Å². The Morgan fingerprint density at radius 2 is 1.80 bits per heavy atom. The lowest BCUT2D eigenvalue weighted by atomic mass is 9.83. The van der Waals surface area contributed by atoms with E-state index in [1.54, 1.807) is 11.9 Å². The number of rotatable bonds is 13. The standard InChI is InChI=1S/C33H48BN5O5/c1-3-4-5-6-10-17-27(30(40)37-29(32(42)35-2)24-14-8-7-9-15-24)36-31(41)28-20-26(22-39(28)34)44-33(43)38-19-18-23-13-11-12-16-25(23)21-38/h3,11-13,16,24,26-29H,1,4-10,14-15,17-22H2,2H3,(H,35,42)(H,36,41)(H,37,40)/t26-,27-,28+,29-/m0/s1. The zero-order valence-corrected chi connectivity index (χ0v) is 26.1. The number of benzene rings is 1. The average molecular weight is 606 g/mol. The first-order chi connectivity index (χ1) is 21.3. The fraction of sp³-hybridized carbons (Fsp3) is 0.636. The predicted octanol–water partition coefficient (Wildman–Crippen LogP) is 3.14. The Kier molecular flexibility index (Phi) is 12.7. The molecule has 44 heavy (non-hydrogen) atoms. The van der Waals surface area contributed by atoms with Gasteiger partial charge in [-0.1, -0.05) is 62.4 Å². The van der Waals surface area contributed by atoms with Gasteiger partial charge in [-0.25, -0.2) is 4.79 Å². The lowest BCUT2D eigenvalue weighted by Crippen LogP contribution is -2.57. The minimum absolute atomic E-state index is 0.0646. The molecule has 10 nitrogen and oxygen atoms in total. The topological polar surface area (TPSA) is 120 Å². The Bertz CT molecular complexity index is 1160. The molecule has 4 amide bonds. The minimum atomic E-state index is -0.814. The van der Waals surface area contributed by atoms with Crippen LogP contribution in [0.2, 0.25) is 0 Å². The van der Waals surface area contributed by atoms with Gasteiger partial charge in [-0.15, -0.1) is 6.58 Å². The number of carbonyl (C=O) groups is 4. The van der Waals surface area contributed by atoms with Gasteiger partial charge in [0.2, 0.25) is 17.7 Å². The van der Waals surface area contributed by atoms with E-state index in [9.17, 15) is 19.2 Å². The zero-order valence-electron chi connectivity index (χ0n) is 26.1. The van der Waals surface area contributed by atoms with Crippen LogP contribution >= 0.6 is 0 Å². The van der Waals surface area contributed by atoms with Crippen molar-refractivity contribution in [2.75, 3.05) is 20.1 Å². The summed E-state index contributed by atoms with van der Waals surface area (Å²) in [7, 11) is 7.81. The monoisotopic (exact) mass is 605 g/mol. The Hall–Kier alpha value is -3.34. The van der Waals surface area contributed by atoms with Crippen molar-refractivity contribution in [2.45, 2.75) is 108 Å². The third kappa shape index (κ3) is 9.09. The molecule has 11 heteroatoms. The van der Waals surface area contributed by atoms with E-state index in [2.05, 4.69) is 28.6 Å². The van der Waals surface area contributed by atoms with Gasteiger partial charge in [-0.2, -0.15) is 0 Å². The summed E-state index contributed by atoms with van der Waals surface area (Å²) < 4.78 is 5.78. The first-order valence-electron chi connectivity index (χ1n) is 16.3. The number of ether oxygens (including phenoxy) is 1. The summed E-state index contributed by atoms with van der Waals surface area (Å²) >= 11 is 0. The number of unbranched alkanes of at least 4 members (excludes halogenated alkanes) is 3. The highest BCUT2D eigenvalue weighted by Crippen LogP contribution is 2.27. The molecule has 1 aromatic rings. The van der Waals surface area contributed by atoms with Gasteiger partial charge < -0.3 is 30.4 Å². The maximum Gasteiger partial charge on any atom is 0.410 e. The summed E-state index contributed by atoms with van der Waals surface area (Å²) in [6.07, 6.45) is 10.7. The quantitative estimate of drug-likeness (QED) is 0.181. The van der Waals surface area contributed by atoms with E-state index < -0.39 is 36.2 Å². The molecular weight excluding hydrogens is 557 g/mol. The number of amides is 4. The molecule has 0 spiro atoms. The number of hydrogen-bond acceptors (Lipinski definition) is 6. The van der Waals surface area contributed by atoms with Gasteiger partial charge in [0.25, 0.3) is 0 Å². The zero-order chi connectivity index (χ0) is 31.5. The van der Waals surface area contributed by atoms with Crippen molar-refractivity contribution in [1.82, 2.24) is 25.7 Å². The summed E-state index contributed by atoms with van der Waals surface area (Å²) in [5, 5.41) is 8.59. The summed E-state index contributed by atoms with van der Waals surface area (Å²) in [6.45, 7) is 5.03. The third-order valence-corrected chi connectivity index (χ3v) is 9.24. The van der Waals surface area contributed by atoms with E-state index in [1.165, 1.54) is 10.4 Å². The number of carbonyl (C=O) groups excluding carboxylic acids is 4. The molecule has 2 fully saturated rings. The molecular formula is C33H48BN5O5. The second kappa shape index (κ2) is 16.7. The fourth-order valence-electron chi connectivity index (χ4n) is 6.66. The Morgan fingerprint density at radius 3 is 2.52 bits per heavy atom. The lowest BCUT2D eigenvalue weighted by Gasteiger charge is -2.31. The van der Waals surface area contributed by atoms with E-state index >= 15 is 0 Å². The van der Waals surface area contributed by atoms with E-state index in [0.29, 0.717) is 19.5 Å². The Labute approximate surface area is 263 Å². The van der Waals surface area contributed by atoms with Crippen molar-refractivity contribution in [3.8, 4) is 0 Å². The normalized spacial score (nSPS) is 21.9. The third-order valence-electron chi connectivity index (χ3n) is 9.24. The molecule has 0 bridgehead atoms. The summed E-state index contributed by atoms with van der Waals surface area (Å²) in [5.41, 5.74) is 2.35. The highest BCUT2D eigenvalue weighted by molar-refractivity contribution is 6.07. The highest BCUT2D eigenvalue weighted by Gasteiger charge is 2.39. The fourth-order valence-corrected chi connectivity index (χ4v) is 6.66. The first kappa shape index (κ1) is 33.6. The van der Waals surface area contributed by atoms with Crippen molar-refractivity contribution in [2.24, 2.45) is 5.92 Å². The van der Waals surface area contributed by atoms with Crippen molar-refractivity contribution in [3.63, 3.8) is 0 Å². The van der Waals surface area contributed by atoms with Crippen LogP contribution in [0.4, 0.5) is 4.79 Å². The molecule has 2 aliphatic heterocycles. The van der Waals surface area contributed by atoms with Gasteiger partial charge in [0, 0.05) is 33.1 Å². The van der Waals surface area contributed by atoms with E-state index in [0.717, 1.165) is 69.8 Å². The predicted molar refractivity (Wildman–Crippen MR) is 169 cm³/mol. The van der Waals surface area contributed by atoms with Crippen molar-refractivity contribution >= 4 is 31.8 Å². The second-order valence-electron chi connectivity index (χ2n) is 12.4. The smallest absolute Gasteiger partial charge is 0.410 e. The maximum atomic E-state index is 13.6. The van der Waals surface area contributed by atoms with Gasteiger partial charge in [0.1, 0.15) is 18.2 Å². The largest absolute Gasteiger partial charge is 0.445 e. The summed E-state index contributed by atoms with van der Waals surface area (Å²) in [4.78, 5) is 55.9. The van der Waals surface area contributed by atoms with Gasteiger partial charge >= 0.3 is 6.09 Å². The number of nitrogens with one attached hydrogen (secondary N) is 3. The lowest BCUT2D eigenvalue weighted by molar-refractivity contribution is -0.134. The van der Waals surface area contributed by atoms with Gasteiger partial charge in [0.05, 0.1) is 6.04 Å². The molecule has 0 unspecified atom stereocenters. The van der Waals surface area contributed by atoms with Crippen LogP contribution in [0.3, 0.4) is 0 Å². The average Bonchev–Trinajstić information content (AvgIpc) is 3.42. The van der Waals surface area contributed by atoms with Crippen molar-refractivity contribution in [3.05, 3.63) is 48.0 Å². The molecule has 1 saturated heterocycles. The van der Waals surface area contributed by atoms with Crippen LogP contribution in [0.25, 0.3) is 0 Å². The molecule has 1 aliphatic carbocycles. The summed E-state index contributed by atoms with van der Waals surface area (Å²) in [5.74, 6) is -0.906. The summed E-state index contributed by atoms with van der Waals surface area (Å²) in [6, 6.07) is 5.85. The molecule has 2 heterocycles. The molecule has 3 aliphatic rings. The Balaban J connectivity index is 1.35. The maximum absolute atomic E-state index is 13.6. The molecule has 1 saturated carbocycles. The molecule has 238 valence electrons. The number of allylic oxidation sites excluding steroid dienone is 1. The van der Waals surface area contributed by atoms with E-state index in [4.69, 9.17) is 12.7 Å². The van der Waals surface area contributed by atoms with Crippen molar-refractivity contribution in [1.29, 1.82) is 0 Å². The molecule has 0 aromatic heterocycles. The molecule has 1 aromatic carbocycles. The van der Waals surface area contributed by atoms with Gasteiger partial charge in [0.15, 0.2) is 7.98 Å². The van der Waals surface area contributed by atoms with Gasteiger partial charge in [-0.05, 0) is 55.6 Å². The number of fused-ring (bicyclic) bond motifs is 1. The van der Waals surface area contributed by atoms with Crippen LogP contribution in [-0.2, 0) is 32.1 Å². The van der Waals surface area contributed by atoms with Crippen LogP contribution in [-0.4, -0.2) is 85.9 Å². The minimum Gasteiger partial charge on any atom is -0.445 e. The molecule has 4 atom stereocenters. The van der Waals surface area contributed by atoms with Crippen molar-refractivity contribution < 1.29 is 23.9 Å². The van der Waals surface area contributed by atoms with Crippen LogP contribution < -0.4 is 16.0 Å². The molecule has 4 rings (SSSR count). The van der Waals surface area contributed by atoms with Gasteiger partial charge in [-0.3, -0.25) is 14.4 Å². The number of hydrogen-bond donors (Lipinski definition) is 3. The van der Waals surface area contributed by atoms with E-state index in [1.807, 2.05) is 24.3 Å². The number of likely N-dealkylation sites (N-methyl/N-ethyl adjacent to an activating group) is 1. The van der Waals surface area contributed by atoms with Crippen LogP contribution in [0.15, 0.2) is 36.9 Å².